The van der Waals surface area contributed by atoms with Crippen molar-refractivity contribution < 1.29 is 36.8 Å². The molecule has 0 spiro atoms. The number of nitrogens with zero attached hydrogens (tertiary/aromatic N) is 3. The summed E-state index contributed by atoms with van der Waals surface area (Å²) >= 11 is 0. The van der Waals surface area contributed by atoms with Crippen molar-refractivity contribution in [3.8, 4) is 11.5 Å². The van der Waals surface area contributed by atoms with Crippen LogP contribution >= 0.6 is 0 Å². The van der Waals surface area contributed by atoms with E-state index >= 15 is 0 Å². The summed E-state index contributed by atoms with van der Waals surface area (Å²) in [5, 5.41) is 15.8. The van der Waals surface area contributed by atoms with Gasteiger partial charge in [-0.1, -0.05) is 12.1 Å². The minimum absolute atomic E-state index is 0.0259. The quantitative estimate of drug-likeness (QED) is 0.319. The van der Waals surface area contributed by atoms with Gasteiger partial charge < -0.3 is 20.7 Å². The number of amides is 1. The first-order valence-corrected chi connectivity index (χ1v) is 11.1. The molecule has 4 N–H and O–H groups in total. The molecular weight excluding hydrogens is 498 g/mol. The number of nitrogens with one attached hydrogen (secondary N) is 1. The molecule has 0 aliphatic heterocycles. The number of hydrogen-bond donors (Lipinski definition) is 3. The lowest BCUT2D eigenvalue weighted by Crippen LogP contribution is -2.44. The Morgan fingerprint density at radius 3 is 2.65 bits per heavy atom. The van der Waals surface area contributed by atoms with Crippen molar-refractivity contribution in [3.63, 3.8) is 0 Å². The number of rotatable bonds is 7. The minimum atomic E-state index is -1.37. The van der Waals surface area contributed by atoms with E-state index in [4.69, 9.17) is 10.3 Å². The van der Waals surface area contributed by atoms with Crippen LogP contribution in [0, 0.1) is 23.3 Å². The fourth-order valence-electron chi connectivity index (χ4n) is 4.19. The molecule has 0 saturated heterocycles. The summed E-state index contributed by atoms with van der Waals surface area (Å²) < 4.78 is 60.4. The van der Waals surface area contributed by atoms with Gasteiger partial charge in [0.1, 0.15) is 17.3 Å². The van der Waals surface area contributed by atoms with E-state index in [0.717, 1.165) is 18.3 Å². The van der Waals surface area contributed by atoms with Crippen LogP contribution in [0.25, 0.3) is 11.5 Å². The summed E-state index contributed by atoms with van der Waals surface area (Å²) in [7, 11) is 0. The normalized spacial score (nSPS) is 18.5. The Labute approximate surface area is 207 Å². The van der Waals surface area contributed by atoms with Gasteiger partial charge in [0.05, 0.1) is 24.2 Å². The number of aromatic nitrogens is 3. The van der Waals surface area contributed by atoms with Crippen molar-refractivity contribution in [2.45, 2.75) is 44.1 Å². The van der Waals surface area contributed by atoms with Crippen molar-refractivity contribution >= 4 is 11.9 Å². The Hall–Kier alpha value is -4.13. The van der Waals surface area contributed by atoms with Gasteiger partial charge >= 0.3 is 5.97 Å². The van der Waals surface area contributed by atoms with E-state index < -0.39 is 46.6 Å². The van der Waals surface area contributed by atoms with E-state index in [1.807, 2.05) is 0 Å². The third-order valence-electron chi connectivity index (χ3n) is 6.19. The topological polar surface area (TPSA) is 144 Å². The fraction of sp³-hybridized carbons (Fsp3) is 0.292. The Bertz CT molecular complexity index is 1390. The SMILES string of the molecule is CC1(c2cc(F)cc(F)c2F)CCC(C(=O)O)=C(NC(=O)C(N)Cc2nc(-c3ccc(F)cn3)no2)C1. The van der Waals surface area contributed by atoms with E-state index in [-0.39, 0.29) is 59.9 Å². The number of carboxylic acid groups (broad SMARTS) is 1. The second-order valence-corrected chi connectivity index (χ2v) is 8.92. The zero-order valence-corrected chi connectivity index (χ0v) is 19.4. The van der Waals surface area contributed by atoms with E-state index in [9.17, 15) is 32.3 Å². The van der Waals surface area contributed by atoms with Gasteiger partial charge in [-0.05, 0) is 37.5 Å². The van der Waals surface area contributed by atoms with E-state index in [0.29, 0.717) is 6.07 Å². The molecule has 9 nitrogen and oxygen atoms in total. The van der Waals surface area contributed by atoms with Crippen molar-refractivity contribution in [1.82, 2.24) is 20.4 Å². The van der Waals surface area contributed by atoms with Gasteiger partial charge in [-0.3, -0.25) is 4.79 Å². The molecule has 3 aromatic rings. The van der Waals surface area contributed by atoms with Gasteiger partial charge in [0.15, 0.2) is 11.6 Å². The second-order valence-electron chi connectivity index (χ2n) is 8.92. The molecule has 4 rings (SSSR count). The smallest absolute Gasteiger partial charge is 0.333 e. The first-order chi connectivity index (χ1) is 17.5. The van der Waals surface area contributed by atoms with Gasteiger partial charge in [0.2, 0.25) is 17.6 Å². The summed E-state index contributed by atoms with van der Waals surface area (Å²) in [6.45, 7) is 1.53. The highest BCUT2D eigenvalue weighted by Crippen LogP contribution is 2.42. The molecule has 194 valence electrons. The molecule has 2 unspecified atom stereocenters. The molecule has 0 saturated carbocycles. The van der Waals surface area contributed by atoms with Crippen molar-refractivity contribution in [2.75, 3.05) is 0 Å². The number of allylic oxidation sites excluding steroid dienone is 1. The number of carboxylic acids is 1. The zero-order chi connectivity index (χ0) is 26.9. The summed E-state index contributed by atoms with van der Waals surface area (Å²) in [5.74, 6) is -6.21. The highest BCUT2D eigenvalue weighted by molar-refractivity contribution is 5.90. The van der Waals surface area contributed by atoms with Crippen LogP contribution in [0.3, 0.4) is 0 Å². The van der Waals surface area contributed by atoms with E-state index in [2.05, 4.69) is 20.4 Å². The second kappa shape index (κ2) is 10.1. The van der Waals surface area contributed by atoms with Crippen LogP contribution in [0.5, 0.6) is 0 Å². The maximum atomic E-state index is 14.5. The summed E-state index contributed by atoms with van der Waals surface area (Å²) in [6.07, 6.45) is 0.513. The number of carbonyl (C=O) groups excluding carboxylic acids is 1. The Kier molecular flexibility index (Phi) is 7.07. The number of hydrogen-bond acceptors (Lipinski definition) is 7. The van der Waals surface area contributed by atoms with Gasteiger partial charge in [0, 0.05) is 22.7 Å². The van der Waals surface area contributed by atoms with Crippen molar-refractivity contribution in [2.24, 2.45) is 5.73 Å². The minimum Gasteiger partial charge on any atom is -0.478 e. The molecule has 0 fully saturated rings. The standard InChI is InChI=1S/C24H21F4N5O4/c1-24(14-6-12(26)7-15(27)20(14)28)5-4-13(23(35)36)18(9-24)31-22(34)16(29)8-19-32-21(33-37-19)17-3-2-11(25)10-30-17/h2-3,6-7,10,16H,4-5,8-9,29H2,1H3,(H,31,34)(H,35,36). The average Bonchev–Trinajstić information content (AvgIpc) is 3.30. The van der Waals surface area contributed by atoms with Crippen molar-refractivity contribution in [1.29, 1.82) is 0 Å². The van der Waals surface area contributed by atoms with Crippen LogP contribution in [0.4, 0.5) is 17.6 Å². The van der Waals surface area contributed by atoms with Crippen LogP contribution in [-0.4, -0.2) is 38.1 Å². The molecule has 1 aliphatic rings. The number of halogens is 4. The lowest BCUT2D eigenvalue weighted by Gasteiger charge is -2.36. The summed E-state index contributed by atoms with van der Waals surface area (Å²) in [6, 6.07) is 2.52. The van der Waals surface area contributed by atoms with Gasteiger partial charge in [-0.2, -0.15) is 4.98 Å². The van der Waals surface area contributed by atoms with Gasteiger partial charge in [-0.15, -0.1) is 0 Å². The molecule has 2 atom stereocenters. The third kappa shape index (κ3) is 5.50. The molecule has 0 radical (unpaired) electrons. The monoisotopic (exact) mass is 519 g/mol. The highest BCUT2D eigenvalue weighted by atomic mass is 19.2. The number of carbonyl (C=O) groups is 2. The predicted molar refractivity (Wildman–Crippen MR) is 119 cm³/mol. The number of aliphatic carboxylic acids is 1. The lowest BCUT2D eigenvalue weighted by atomic mass is 9.70. The molecular formula is C24H21F4N5O4. The molecule has 0 bridgehead atoms. The largest absolute Gasteiger partial charge is 0.478 e. The number of pyridine rings is 1. The maximum Gasteiger partial charge on any atom is 0.333 e. The Balaban J connectivity index is 1.51. The molecule has 1 aromatic carbocycles. The Morgan fingerprint density at radius 2 is 1.97 bits per heavy atom. The van der Waals surface area contributed by atoms with Gasteiger partial charge in [0.25, 0.3) is 0 Å². The lowest BCUT2D eigenvalue weighted by molar-refractivity contribution is -0.133. The van der Waals surface area contributed by atoms with Crippen LogP contribution < -0.4 is 11.1 Å². The molecule has 2 heterocycles. The van der Waals surface area contributed by atoms with Crippen molar-refractivity contribution in [3.05, 3.63) is 76.5 Å². The van der Waals surface area contributed by atoms with Crippen LogP contribution in [0.2, 0.25) is 0 Å². The first-order valence-electron chi connectivity index (χ1n) is 11.1. The Morgan fingerprint density at radius 1 is 1.22 bits per heavy atom. The molecule has 1 amide bonds. The average molecular weight is 519 g/mol. The van der Waals surface area contributed by atoms with E-state index in [1.165, 1.54) is 13.0 Å². The number of benzene rings is 1. The zero-order valence-electron chi connectivity index (χ0n) is 19.4. The summed E-state index contributed by atoms with van der Waals surface area (Å²) in [4.78, 5) is 32.5. The molecule has 1 aliphatic carbocycles. The maximum absolute atomic E-state index is 14.5. The number of nitrogens with two attached hydrogens (primary N) is 1. The summed E-state index contributed by atoms with van der Waals surface area (Å²) in [5.41, 5.74) is 4.55. The predicted octanol–water partition coefficient (Wildman–Crippen LogP) is 3.15. The van der Waals surface area contributed by atoms with Crippen LogP contribution in [0.15, 0.2) is 46.3 Å². The molecule has 2 aromatic heterocycles. The van der Waals surface area contributed by atoms with Gasteiger partial charge in [-0.25, -0.2) is 27.3 Å². The fourth-order valence-corrected chi connectivity index (χ4v) is 4.19. The van der Waals surface area contributed by atoms with E-state index in [1.54, 1.807) is 0 Å². The van der Waals surface area contributed by atoms with Crippen LogP contribution in [0.1, 0.15) is 37.6 Å². The third-order valence-corrected chi connectivity index (χ3v) is 6.19. The molecule has 37 heavy (non-hydrogen) atoms. The first kappa shape index (κ1) is 25.9. The molecule has 13 heteroatoms. The highest BCUT2D eigenvalue weighted by Gasteiger charge is 2.38. The van der Waals surface area contributed by atoms with Crippen LogP contribution in [-0.2, 0) is 21.4 Å².